The van der Waals surface area contributed by atoms with Gasteiger partial charge in [0.1, 0.15) is 4.92 Å². The first-order valence-corrected chi connectivity index (χ1v) is 8.45. The molecule has 0 spiro atoms. The van der Waals surface area contributed by atoms with Gasteiger partial charge in [-0.3, -0.25) is 14.9 Å². The van der Waals surface area contributed by atoms with Crippen LogP contribution in [0.15, 0.2) is 68.7 Å². The maximum Gasteiger partial charge on any atom is 0.433 e. The van der Waals surface area contributed by atoms with Crippen LogP contribution in [0, 0.1) is 10.1 Å². The van der Waals surface area contributed by atoms with E-state index in [1.54, 1.807) is 6.07 Å². The summed E-state index contributed by atoms with van der Waals surface area (Å²) in [5.41, 5.74) is 0.721. The Morgan fingerprint density at radius 2 is 2.07 bits per heavy atom. The van der Waals surface area contributed by atoms with Gasteiger partial charge in [-0.2, -0.15) is 10.1 Å². The molecule has 134 valence electrons. The number of carbonyl (C=O) groups is 1. The molecule has 0 N–H and O–H groups in total. The van der Waals surface area contributed by atoms with Crippen LogP contribution in [-0.2, 0) is 0 Å². The van der Waals surface area contributed by atoms with Gasteiger partial charge in [0, 0.05) is 0 Å². The van der Waals surface area contributed by atoms with Crippen molar-refractivity contribution in [3.8, 4) is 0 Å². The fourth-order valence-electron chi connectivity index (χ4n) is 2.27. The molecule has 3 heterocycles. The van der Waals surface area contributed by atoms with Crippen LogP contribution in [0.2, 0.25) is 0 Å². The van der Waals surface area contributed by atoms with Crippen LogP contribution in [0.25, 0.3) is 10.2 Å². The summed E-state index contributed by atoms with van der Waals surface area (Å²) in [6.45, 7) is 0. The summed E-state index contributed by atoms with van der Waals surface area (Å²) < 4.78 is 11.1. The molecule has 0 fully saturated rings. The minimum absolute atomic E-state index is 0.0804. The highest BCUT2D eigenvalue weighted by atomic mass is 32.1. The van der Waals surface area contributed by atoms with E-state index in [0.717, 1.165) is 15.2 Å². The van der Waals surface area contributed by atoms with Crippen molar-refractivity contribution in [1.82, 2.24) is 4.98 Å². The first-order valence-electron chi connectivity index (χ1n) is 7.63. The van der Waals surface area contributed by atoms with Crippen molar-refractivity contribution in [3.63, 3.8) is 0 Å². The number of fused-ring (bicyclic) bond motifs is 1. The summed E-state index contributed by atoms with van der Waals surface area (Å²) in [7, 11) is 0. The van der Waals surface area contributed by atoms with Crippen LogP contribution >= 0.6 is 11.3 Å². The van der Waals surface area contributed by atoms with Crippen LogP contribution in [0.1, 0.15) is 16.3 Å². The maximum absolute atomic E-state index is 12.8. The second-order valence-corrected chi connectivity index (χ2v) is 6.25. The predicted molar refractivity (Wildman–Crippen MR) is 98.1 cm³/mol. The fraction of sp³-hybridized carbons (Fsp3) is 0. The number of hydrazone groups is 1. The minimum atomic E-state index is -0.656. The number of thiazole rings is 1. The average Bonchev–Trinajstić information content (AvgIpc) is 3.41. The van der Waals surface area contributed by atoms with Gasteiger partial charge in [0.25, 0.3) is 0 Å². The Morgan fingerprint density at radius 3 is 2.78 bits per heavy atom. The van der Waals surface area contributed by atoms with E-state index in [4.69, 9.17) is 8.83 Å². The molecule has 0 aliphatic rings. The Balaban J connectivity index is 1.72. The average molecular weight is 382 g/mol. The van der Waals surface area contributed by atoms with E-state index < -0.39 is 16.7 Å². The maximum atomic E-state index is 12.8. The molecule has 0 aliphatic heterocycles. The van der Waals surface area contributed by atoms with Crippen molar-refractivity contribution in [2.75, 3.05) is 5.01 Å². The largest absolute Gasteiger partial charge is 0.459 e. The van der Waals surface area contributed by atoms with Crippen LogP contribution in [0.5, 0.6) is 0 Å². The highest BCUT2D eigenvalue weighted by molar-refractivity contribution is 7.22. The second kappa shape index (κ2) is 6.84. The highest BCUT2D eigenvalue weighted by Gasteiger charge is 2.23. The zero-order valence-corrected chi connectivity index (χ0v) is 14.3. The molecular formula is C17H10N4O5S. The third kappa shape index (κ3) is 3.33. The second-order valence-electron chi connectivity index (χ2n) is 5.24. The van der Waals surface area contributed by atoms with Gasteiger partial charge in [-0.25, -0.2) is 4.98 Å². The van der Waals surface area contributed by atoms with Gasteiger partial charge in [-0.1, -0.05) is 23.5 Å². The standard InChI is InChI=1S/C17H10N4O5S/c22-16(13-5-3-9-25-13)20(17-19-12-4-1-2-6-14(12)27-17)18-10-11-7-8-15(26-11)21(23)24/h1-10H/b18-10+. The number of rotatable bonds is 5. The fourth-order valence-corrected chi connectivity index (χ4v) is 3.19. The molecule has 0 saturated heterocycles. The van der Waals surface area contributed by atoms with Crippen LogP contribution in [-0.4, -0.2) is 22.0 Å². The van der Waals surface area contributed by atoms with Gasteiger partial charge in [0.05, 0.1) is 28.8 Å². The van der Waals surface area contributed by atoms with Gasteiger partial charge in [-0.15, -0.1) is 0 Å². The first-order chi connectivity index (χ1) is 13.1. The zero-order valence-electron chi connectivity index (χ0n) is 13.5. The van der Waals surface area contributed by atoms with E-state index in [9.17, 15) is 14.9 Å². The first kappa shape index (κ1) is 16.7. The molecule has 1 amide bonds. The molecule has 0 aliphatic carbocycles. The van der Waals surface area contributed by atoms with E-state index in [0.29, 0.717) is 5.13 Å². The lowest BCUT2D eigenvalue weighted by molar-refractivity contribution is -0.402. The van der Waals surface area contributed by atoms with Gasteiger partial charge in [-0.05, 0) is 30.3 Å². The predicted octanol–water partition coefficient (Wildman–Crippen LogP) is 4.07. The minimum Gasteiger partial charge on any atom is -0.459 e. The highest BCUT2D eigenvalue weighted by Crippen LogP contribution is 2.30. The third-order valence-electron chi connectivity index (χ3n) is 3.48. The van der Waals surface area contributed by atoms with E-state index in [-0.39, 0.29) is 11.5 Å². The third-order valence-corrected chi connectivity index (χ3v) is 4.49. The number of amides is 1. The van der Waals surface area contributed by atoms with Crippen molar-refractivity contribution in [2.24, 2.45) is 5.10 Å². The molecule has 27 heavy (non-hydrogen) atoms. The number of hydrogen-bond acceptors (Lipinski definition) is 8. The Kier molecular flexibility index (Phi) is 4.22. The number of furan rings is 2. The molecule has 3 aromatic heterocycles. The lowest BCUT2D eigenvalue weighted by Gasteiger charge is -2.11. The normalized spacial score (nSPS) is 11.3. The molecule has 0 saturated carbocycles. The smallest absolute Gasteiger partial charge is 0.433 e. The van der Waals surface area contributed by atoms with E-state index in [1.165, 1.54) is 42.0 Å². The number of nitro groups is 1. The molecular weight excluding hydrogens is 372 g/mol. The Labute approximate surface area is 155 Å². The molecule has 1 aromatic carbocycles. The number of carbonyl (C=O) groups excluding carboxylic acids is 1. The summed E-state index contributed by atoms with van der Waals surface area (Å²) >= 11 is 1.28. The summed E-state index contributed by atoms with van der Waals surface area (Å²) in [6.07, 6.45) is 2.59. The van der Waals surface area contributed by atoms with Crippen molar-refractivity contribution in [3.05, 3.63) is 76.4 Å². The molecule has 0 atom stereocenters. The molecule has 9 nitrogen and oxygen atoms in total. The Morgan fingerprint density at radius 1 is 1.22 bits per heavy atom. The van der Waals surface area contributed by atoms with Crippen molar-refractivity contribution >= 4 is 44.7 Å². The van der Waals surface area contributed by atoms with Crippen LogP contribution in [0.3, 0.4) is 0 Å². The number of anilines is 1. The SMILES string of the molecule is O=C(c1ccco1)N(/N=C/c1ccc([N+](=O)[O-])o1)c1nc2ccccc2s1. The van der Waals surface area contributed by atoms with E-state index in [1.807, 2.05) is 24.3 Å². The lowest BCUT2D eigenvalue weighted by atomic mass is 10.3. The summed E-state index contributed by atoms with van der Waals surface area (Å²) in [5.74, 6) is -0.742. The van der Waals surface area contributed by atoms with Gasteiger partial charge in [0.2, 0.25) is 5.13 Å². The van der Waals surface area contributed by atoms with Crippen molar-refractivity contribution in [2.45, 2.75) is 0 Å². The number of para-hydroxylation sites is 1. The number of nitrogens with zero attached hydrogens (tertiary/aromatic N) is 4. The topological polar surface area (TPSA) is 115 Å². The van der Waals surface area contributed by atoms with Crippen LogP contribution < -0.4 is 5.01 Å². The summed E-state index contributed by atoms with van der Waals surface area (Å²) in [5, 5.41) is 16.2. The summed E-state index contributed by atoms with van der Waals surface area (Å²) in [6, 6.07) is 13.1. The lowest BCUT2D eigenvalue weighted by Crippen LogP contribution is -2.25. The number of aromatic nitrogens is 1. The van der Waals surface area contributed by atoms with Crippen molar-refractivity contribution in [1.29, 1.82) is 0 Å². The monoisotopic (exact) mass is 382 g/mol. The molecule has 0 bridgehead atoms. The van der Waals surface area contributed by atoms with Crippen molar-refractivity contribution < 1.29 is 18.6 Å². The molecule has 10 heteroatoms. The van der Waals surface area contributed by atoms with E-state index in [2.05, 4.69) is 10.1 Å². The van der Waals surface area contributed by atoms with Crippen LogP contribution in [0.4, 0.5) is 11.0 Å². The molecule has 0 radical (unpaired) electrons. The Bertz CT molecular complexity index is 1110. The van der Waals surface area contributed by atoms with Gasteiger partial charge in [0.15, 0.2) is 11.5 Å². The van der Waals surface area contributed by atoms with E-state index >= 15 is 0 Å². The zero-order chi connectivity index (χ0) is 18.8. The molecule has 4 aromatic rings. The number of hydrogen-bond donors (Lipinski definition) is 0. The number of benzene rings is 1. The van der Waals surface area contributed by atoms with Gasteiger partial charge >= 0.3 is 11.8 Å². The van der Waals surface area contributed by atoms with Gasteiger partial charge < -0.3 is 8.83 Å². The molecule has 0 unspecified atom stereocenters. The quantitative estimate of drug-likeness (QED) is 0.292. The Hall–Kier alpha value is -3.79. The summed E-state index contributed by atoms with van der Waals surface area (Å²) in [4.78, 5) is 27.2. The molecule has 4 rings (SSSR count).